The number of halogens is 1. The summed E-state index contributed by atoms with van der Waals surface area (Å²) in [6, 6.07) is 17.0. The minimum atomic E-state index is -0.0112. The number of rotatable bonds is 4. The predicted octanol–water partition coefficient (Wildman–Crippen LogP) is 9.32. The Bertz CT molecular complexity index is 1920. The second-order valence-corrected chi connectivity index (χ2v) is 16.5. The number of amidine groups is 1. The number of aryl methyl sites for hydroxylation is 6. The molecule has 0 saturated carbocycles. The highest BCUT2D eigenvalue weighted by molar-refractivity contribution is 7.12. The molecule has 250 valence electrons. The van der Waals surface area contributed by atoms with Crippen LogP contribution in [0.4, 0.5) is 0 Å². The maximum Gasteiger partial charge on any atom is 0.193 e. The number of hydrogen-bond acceptors (Lipinski definition) is 10. The van der Waals surface area contributed by atoms with Gasteiger partial charge in [0, 0.05) is 53.4 Å². The molecular weight excluding hydrogens is 674 g/mol. The molecule has 7 rings (SSSR count). The van der Waals surface area contributed by atoms with Crippen molar-refractivity contribution in [3.05, 3.63) is 135 Å². The first-order valence-electron chi connectivity index (χ1n) is 15.7. The number of benzene rings is 1. The molecule has 0 fully saturated rings. The van der Waals surface area contributed by atoms with Crippen molar-refractivity contribution in [2.75, 3.05) is 0 Å². The van der Waals surface area contributed by atoms with Gasteiger partial charge in [0.15, 0.2) is 5.96 Å². The maximum absolute atomic E-state index is 6.09. The van der Waals surface area contributed by atoms with Crippen LogP contribution in [-0.4, -0.2) is 18.1 Å². The van der Waals surface area contributed by atoms with Gasteiger partial charge in [-0.05, 0) is 95.0 Å². The lowest BCUT2D eigenvalue weighted by atomic mass is 10.0. The lowest BCUT2D eigenvalue weighted by molar-refractivity contribution is 0.803. The summed E-state index contributed by atoms with van der Waals surface area (Å²) in [6.45, 7) is 14.8. The number of nitrogens with one attached hydrogen (secondary N) is 3. The molecule has 11 heteroatoms. The minimum absolute atomic E-state index is 0.0112. The summed E-state index contributed by atoms with van der Waals surface area (Å²) in [7, 11) is 0. The molecule has 0 amide bonds. The zero-order chi connectivity index (χ0) is 34.4. The summed E-state index contributed by atoms with van der Waals surface area (Å²) in [5, 5.41) is 9.78. The van der Waals surface area contributed by atoms with Gasteiger partial charge in [0.05, 0.1) is 17.4 Å². The van der Waals surface area contributed by atoms with E-state index in [9.17, 15) is 0 Å². The highest BCUT2D eigenvalue weighted by Gasteiger charge is 2.21. The molecule has 0 saturated heterocycles. The number of nitrogens with zero attached hydrogens (tertiary/aromatic N) is 3. The second kappa shape index (κ2) is 16.0. The fourth-order valence-corrected chi connectivity index (χ4v) is 8.74. The number of aliphatic imine (C=N–C) groups is 3. The highest BCUT2D eigenvalue weighted by Crippen LogP contribution is 2.36. The van der Waals surface area contributed by atoms with Gasteiger partial charge in [-0.25, -0.2) is 4.99 Å². The smallest absolute Gasteiger partial charge is 0.193 e. The molecule has 3 aliphatic rings. The van der Waals surface area contributed by atoms with Crippen LogP contribution >= 0.6 is 45.6 Å². The summed E-state index contributed by atoms with van der Waals surface area (Å²) in [5.41, 5.74) is 11.8. The third-order valence-corrected chi connectivity index (χ3v) is 11.1. The van der Waals surface area contributed by atoms with E-state index in [0.717, 1.165) is 16.4 Å². The summed E-state index contributed by atoms with van der Waals surface area (Å²) >= 11 is 11.5. The second-order valence-electron chi connectivity index (χ2n) is 11.7. The van der Waals surface area contributed by atoms with Crippen LogP contribution in [0.15, 0.2) is 98.8 Å². The molecule has 48 heavy (non-hydrogen) atoms. The monoisotopic (exact) mass is 715 g/mol. The Kier molecular flexibility index (Phi) is 11.8. The predicted molar refractivity (Wildman–Crippen MR) is 209 cm³/mol. The largest absolute Gasteiger partial charge is 0.370 e. The van der Waals surface area contributed by atoms with Crippen LogP contribution in [0.3, 0.4) is 0 Å². The van der Waals surface area contributed by atoms with Crippen molar-refractivity contribution in [3.63, 3.8) is 0 Å². The van der Waals surface area contributed by atoms with Crippen molar-refractivity contribution in [3.8, 4) is 0 Å². The van der Waals surface area contributed by atoms with Gasteiger partial charge < -0.3 is 21.7 Å². The molecule has 5 N–H and O–H groups in total. The molecule has 3 aliphatic heterocycles. The van der Waals surface area contributed by atoms with E-state index in [1.165, 1.54) is 51.5 Å². The molecule has 0 bridgehead atoms. The molecule has 6 heterocycles. The first-order valence-corrected chi connectivity index (χ1v) is 18.5. The molecule has 0 spiro atoms. The van der Waals surface area contributed by atoms with E-state index in [1.807, 2.05) is 53.3 Å². The summed E-state index contributed by atoms with van der Waals surface area (Å²) < 4.78 is 0. The fourth-order valence-electron chi connectivity index (χ4n) is 5.63. The Hall–Kier alpha value is -3.96. The van der Waals surface area contributed by atoms with Crippen LogP contribution < -0.4 is 21.7 Å². The number of hydrogen-bond donors (Lipinski definition) is 4. The highest BCUT2D eigenvalue weighted by atomic mass is 35.5. The van der Waals surface area contributed by atoms with Gasteiger partial charge in [0.1, 0.15) is 17.9 Å². The van der Waals surface area contributed by atoms with E-state index in [2.05, 4.69) is 111 Å². The number of guanidine groups is 1. The Labute approximate surface area is 300 Å². The van der Waals surface area contributed by atoms with Crippen LogP contribution in [0.1, 0.15) is 76.6 Å². The normalized spacial score (nSPS) is 19.5. The molecule has 3 aromatic heterocycles. The maximum atomic E-state index is 6.09. The van der Waals surface area contributed by atoms with Gasteiger partial charge in [-0.2, -0.15) is 0 Å². The molecule has 0 aliphatic carbocycles. The Morgan fingerprint density at radius 3 is 1.85 bits per heavy atom. The van der Waals surface area contributed by atoms with Crippen molar-refractivity contribution in [1.82, 2.24) is 16.0 Å². The summed E-state index contributed by atoms with van der Waals surface area (Å²) in [5.74, 6) is 1.44. The molecule has 3 atom stereocenters. The van der Waals surface area contributed by atoms with E-state index in [4.69, 9.17) is 22.3 Å². The average Bonchev–Trinajstić information content (AvgIpc) is 3.72. The molecule has 0 radical (unpaired) electrons. The van der Waals surface area contributed by atoms with E-state index < -0.39 is 0 Å². The van der Waals surface area contributed by atoms with Crippen LogP contribution in [-0.2, 0) is 0 Å². The van der Waals surface area contributed by atoms with Crippen LogP contribution in [0.2, 0.25) is 0 Å². The van der Waals surface area contributed by atoms with Gasteiger partial charge in [0.25, 0.3) is 0 Å². The summed E-state index contributed by atoms with van der Waals surface area (Å²) in [6.07, 6.45) is 9.50. The van der Waals surface area contributed by atoms with Gasteiger partial charge in [0.2, 0.25) is 0 Å². The van der Waals surface area contributed by atoms with Crippen molar-refractivity contribution in [2.45, 2.75) is 66.6 Å². The molecule has 7 nitrogen and oxygen atoms in total. The van der Waals surface area contributed by atoms with Crippen molar-refractivity contribution in [2.24, 2.45) is 20.7 Å². The standard InChI is InChI=1S/C16H16N2S.C11H15N3S.C10H11ClN2S/c1-11-10-14(12(2)19-11)15-8-9-17-16(18-15)13-6-4-3-5-7-13;1-6-5-13-11(12)14-10(6)9-4-7(2)15-8(9)3;1-6-3-8(7(2)14-6)10-9(11)4-12-5-13-10/h3-10,15H,1-2H3,(H,17,18);4-5,10H,1-3H3,(H3,12,13,14);3-5,10H,1-2H3,(H,12,13). The minimum Gasteiger partial charge on any atom is -0.370 e. The number of thiophene rings is 3. The van der Waals surface area contributed by atoms with E-state index in [0.29, 0.717) is 5.96 Å². The van der Waals surface area contributed by atoms with Crippen LogP contribution in [0, 0.1) is 41.5 Å². The lowest BCUT2D eigenvalue weighted by Crippen LogP contribution is -2.31. The van der Waals surface area contributed by atoms with Crippen LogP contribution in [0.25, 0.3) is 0 Å². The topological polar surface area (TPSA) is 99.2 Å². The summed E-state index contributed by atoms with van der Waals surface area (Å²) in [4.78, 5) is 21.5. The van der Waals surface area contributed by atoms with Gasteiger partial charge >= 0.3 is 0 Å². The SMILES string of the molecule is CC1=CNC(N)=NC1c1cc(C)sc1C.Cc1cc(C2C=CNC(c3ccccc3)=N2)c(C)s1.Cc1cc(C2N=CNC=C2Cl)c(C)s1. The van der Waals surface area contributed by atoms with E-state index in [-0.39, 0.29) is 18.1 Å². The third-order valence-electron chi connectivity index (χ3n) is 7.89. The number of nitrogens with two attached hydrogens (primary N) is 1. The third kappa shape index (κ3) is 8.73. The molecular formula is C37H42ClN7S3. The quantitative estimate of drug-likeness (QED) is 0.169. The van der Waals surface area contributed by atoms with Gasteiger partial charge in [-0.3, -0.25) is 9.98 Å². The Morgan fingerprint density at radius 2 is 1.29 bits per heavy atom. The fraction of sp³-hybridized carbons (Fsp3) is 0.270. The molecule has 4 aromatic rings. The first-order chi connectivity index (χ1) is 23.0. The van der Waals surface area contributed by atoms with E-state index in [1.54, 1.807) is 23.9 Å². The first kappa shape index (κ1) is 35.3. The average molecular weight is 716 g/mol. The van der Waals surface area contributed by atoms with Crippen molar-refractivity contribution in [1.29, 1.82) is 0 Å². The zero-order valence-electron chi connectivity index (χ0n) is 28.3. The molecule has 1 aromatic carbocycles. The van der Waals surface area contributed by atoms with Crippen molar-refractivity contribution < 1.29 is 0 Å². The molecule has 3 unspecified atom stereocenters. The van der Waals surface area contributed by atoms with E-state index >= 15 is 0 Å². The Morgan fingerprint density at radius 1 is 0.708 bits per heavy atom. The zero-order valence-corrected chi connectivity index (χ0v) is 31.5. The Balaban J connectivity index is 0.000000143. The van der Waals surface area contributed by atoms with Gasteiger partial charge in [-0.15, -0.1) is 34.0 Å². The lowest BCUT2D eigenvalue weighted by Gasteiger charge is -2.19. The van der Waals surface area contributed by atoms with Crippen LogP contribution in [0.5, 0.6) is 0 Å². The van der Waals surface area contributed by atoms with Gasteiger partial charge in [-0.1, -0.05) is 41.9 Å². The van der Waals surface area contributed by atoms with Crippen molar-refractivity contribution >= 4 is 63.7 Å².